The zero-order chi connectivity index (χ0) is 24.8. The minimum atomic E-state index is -0.319. The van der Waals surface area contributed by atoms with Crippen LogP contribution >= 0.6 is 0 Å². The van der Waals surface area contributed by atoms with Crippen LogP contribution in [0, 0.1) is 0 Å². The lowest BCUT2D eigenvalue weighted by Gasteiger charge is -2.20. The standard InChI is InChI=1S/C26H30N6O3/c1-5-13-34-19-9-10-21-20(15-19)25(29-22-11-12-27-32-22)30-24(28-21)17-7-6-8-18(14-17)35-16-23(33)31-26(2,3)4/h6-12,14-15H,5,13,16H2,1-4H3,(H,31,33)(H2,27,28,29,30,32). The van der Waals surface area contributed by atoms with Crippen LogP contribution in [-0.2, 0) is 4.79 Å². The molecule has 0 unspecified atom stereocenters. The Morgan fingerprint density at radius 2 is 1.86 bits per heavy atom. The smallest absolute Gasteiger partial charge is 0.258 e. The first-order valence-electron chi connectivity index (χ1n) is 11.6. The number of aromatic nitrogens is 4. The molecule has 0 saturated carbocycles. The predicted octanol–water partition coefficient (Wildman–Crippen LogP) is 4.85. The lowest BCUT2D eigenvalue weighted by Crippen LogP contribution is -2.43. The summed E-state index contributed by atoms with van der Waals surface area (Å²) in [6.45, 7) is 8.40. The molecule has 0 atom stereocenters. The van der Waals surface area contributed by atoms with Gasteiger partial charge in [0.05, 0.1) is 12.1 Å². The third-order valence-electron chi connectivity index (χ3n) is 4.86. The summed E-state index contributed by atoms with van der Waals surface area (Å²) in [5, 5.41) is 14.0. The second-order valence-corrected chi connectivity index (χ2v) is 9.12. The van der Waals surface area contributed by atoms with Crippen molar-refractivity contribution in [2.24, 2.45) is 0 Å². The molecule has 2 aromatic carbocycles. The molecule has 0 saturated heterocycles. The van der Waals surface area contributed by atoms with Crippen molar-refractivity contribution < 1.29 is 14.3 Å². The van der Waals surface area contributed by atoms with Crippen molar-refractivity contribution in [2.75, 3.05) is 18.5 Å². The van der Waals surface area contributed by atoms with E-state index in [1.807, 2.05) is 63.2 Å². The van der Waals surface area contributed by atoms with Gasteiger partial charge in [-0.15, -0.1) is 0 Å². The van der Waals surface area contributed by atoms with E-state index in [4.69, 9.17) is 19.4 Å². The Hall–Kier alpha value is -4.14. The molecule has 1 amide bonds. The Kier molecular flexibility index (Phi) is 7.14. The Bertz CT molecular complexity index is 1300. The number of nitrogens with one attached hydrogen (secondary N) is 3. The number of amides is 1. The minimum Gasteiger partial charge on any atom is -0.494 e. The van der Waals surface area contributed by atoms with Crippen LogP contribution in [0.25, 0.3) is 22.3 Å². The van der Waals surface area contributed by atoms with Crippen LogP contribution in [0.2, 0.25) is 0 Å². The molecule has 4 rings (SSSR count). The number of anilines is 2. The lowest BCUT2D eigenvalue weighted by atomic mass is 10.1. The Labute approximate surface area is 204 Å². The van der Waals surface area contributed by atoms with E-state index in [1.165, 1.54) is 0 Å². The third kappa shape index (κ3) is 6.47. The molecule has 182 valence electrons. The molecule has 9 nitrogen and oxygen atoms in total. The average molecular weight is 475 g/mol. The van der Waals surface area contributed by atoms with Crippen molar-refractivity contribution in [1.29, 1.82) is 0 Å². The molecule has 0 aliphatic carbocycles. The van der Waals surface area contributed by atoms with Crippen molar-refractivity contribution in [1.82, 2.24) is 25.5 Å². The van der Waals surface area contributed by atoms with Gasteiger partial charge in [-0.3, -0.25) is 9.89 Å². The molecule has 2 heterocycles. The molecule has 0 fully saturated rings. The first kappa shape index (κ1) is 24.0. The van der Waals surface area contributed by atoms with Crippen LogP contribution in [0.15, 0.2) is 54.7 Å². The molecule has 9 heteroatoms. The van der Waals surface area contributed by atoms with Crippen LogP contribution < -0.4 is 20.1 Å². The number of hydrogen-bond acceptors (Lipinski definition) is 7. The van der Waals surface area contributed by atoms with Gasteiger partial charge in [-0.05, 0) is 57.5 Å². The van der Waals surface area contributed by atoms with Crippen molar-refractivity contribution >= 4 is 28.4 Å². The number of rotatable bonds is 9. The predicted molar refractivity (Wildman–Crippen MR) is 136 cm³/mol. The van der Waals surface area contributed by atoms with E-state index in [9.17, 15) is 4.79 Å². The van der Waals surface area contributed by atoms with Gasteiger partial charge >= 0.3 is 0 Å². The third-order valence-corrected chi connectivity index (χ3v) is 4.86. The molecule has 0 aliphatic heterocycles. The van der Waals surface area contributed by atoms with E-state index >= 15 is 0 Å². The number of H-pyrrole nitrogens is 1. The van der Waals surface area contributed by atoms with Gasteiger partial charge < -0.3 is 20.1 Å². The number of benzene rings is 2. The molecule has 2 aromatic heterocycles. The highest BCUT2D eigenvalue weighted by molar-refractivity contribution is 5.93. The number of carbonyl (C=O) groups is 1. The van der Waals surface area contributed by atoms with Crippen molar-refractivity contribution in [3.63, 3.8) is 0 Å². The van der Waals surface area contributed by atoms with Crippen LogP contribution in [0.5, 0.6) is 11.5 Å². The minimum absolute atomic E-state index is 0.0776. The van der Waals surface area contributed by atoms with Gasteiger partial charge in [-0.2, -0.15) is 5.10 Å². The summed E-state index contributed by atoms with van der Waals surface area (Å²) in [6, 6.07) is 14.9. The normalized spacial score (nSPS) is 11.3. The summed E-state index contributed by atoms with van der Waals surface area (Å²) in [5.74, 6) is 2.89. The van der Waals surface area contributed by atoms with Gasteiger partial charge in [0.2, 0.25) is 0 Å². The topological polar surface area (TPSA) is 114 Å². The van der Waals surface area contributed by atoms with Gasteiger partial charge in [-0.1, -0.05) is 19.1 Å². The molecule has 4 aromatic rings. The zero-order valence-corrected chi connectivity index (χ0v) is 20.4. The first-order chi connectivity index (χ1) is 16.8. The van der Waals surface area contributed by atoms with Gasteiger partial charge in [0.25, 0.3) is 5.91 Å². The van der Waals surface area contributed by atoms with Crippen molar-refractivity contribution in [3.05, 3.63) is 54.7 Å². The van der Waals surface area contributed by atoms with Crippen LogP contribution in [-0.4, -0.2) is 44.8 Å². The largest absolute Gasteiger partial charge is 0.494 e. The highest BCUT2D eigenvalue weighted by atomic mass is 16.5. The van der Waals surface area contributed by atoms with Crippen molar-refractivity contribution in [2.45, 2.75) is 39.7 Å². The first-order valence-corrected chi connectivity index (χ1v) is 11.6. The fraction of sp³-hybridized carbons (Fsp3) is 0.308. The SMILES string of the molecule is CCCOc1ccc2nc(-c3cccc(OCC(=O)NC(C)(C)C)c3)nc(Nc3cc[nH]n3)c2c1. The lowest BCUT2D eigenvalue weighted by molar-refractivity contribution is -0.124. The summed E-state index contributed by atoms with van der Waals surface area (Å²) in [5.41, 5.74) is 1.20. The fourth-order valence-electron chi connectivity index (χ4n) is 3.42. The fourth-order valence-corrected chi connectivity index (χ4v) is 3.42. The van der Waals surface area contributed by atoms with E-state index in [1.54, 1.807) is 12.3 Å². The second kappa shape index (κ2) is 10.4. The Morgan fingerprint density at radius 3 is 2.60 bits per heavy atom. The van der Waals surface area contributed by atoms with Crippen molar-refractivity contribution in [3.8, 4) is 22.9 Å². The van der Waals surface area contributed by atoms with E-state index in [0.29, 0.717) is 29.8 Å². The number of carbonyl (C=O) groups excluding carboxylic acids is 1. The highest BCUT2D eigenvalue weighted by Crippen LogP contribution is 2.31. The molecule has 3 N–H and O–H groups in total. The molecule has 35 heavy (non-hydrogen) atoms. The second-order valence-electron chi connectivity index (χ2n) is 9.12. The van der Waals surface area contributed by atoms with Crippen LogP contribution in [0.1, 0.15) is 34.1 Å². The van der Waals surface area contributed by atoms with Gasteiger partial charge in [0.15, 0.2) is 18.2 Å². The monoisotopic (exact) mass is 474 g/mol. The maximum atomic E-state index is 12.1. The molecular weight excluding hydrogens is 444 g/mol. The number of hydrogen-bond donors (Lipinski definition) is 3. The highest BCUT2D eigenvalue weighted by Gasteiger charge is 2.15. The van der Waals surface area contributed by atoms with Gasteiger partial charge in [-0.25, -0.2) is 9.97 Å². The van der Waals surface area contributed by atoms with E-state index in [0.717, 1.165) is 28.6 Å². The molecule has 0 spiro atoms. The summed E-state index contributed by atoms with van der Waals surface area (Å²) in [4.78, 5) is 21.7. The van der Waals surface area contributed by atoms with E-state index in [-0.39, 0.29) is 18.1 Å². The molecular formula is C26H30N6O3. The Balaban J connectivity index is 1.64. The number of nitrogens with zero attached hydrogens (tertiary/aromatic N) is 3. The van der Waals surface area contributed by atoms with Gasteiger partial charge in [0, 0.05) is 28.8 Å². The van der Waals surface area contributed by atoms with Gasteiger partial charge in [0.1, 0.15) is 17.3 Å². The summed E-state index contributed by atoms with van der Waals surface area (Å²) in [6.07, 6.45) is 2.65. The quantitative estimate of drug-likeness (QED) is 0.318. The maximum absolute atomic E-state index is 12.1. The van der Waals surface area contributed by atoms with Crippen LogP contribution in [0.3, 0.4) is 0 Å². The van der Waals surface area contributed by atoms with E-state index in [2.05, 4.69) is 27.8 Å². The number of ether oxygens (including phenoxy) is 2. The molecule has 0 radical (unpaired) electrons. The maximum Gasteiger partial charge on any atom is 0.258 e. The Morgan fingerprint density at radius 1 is 1.03 bits per heavy atom. The number of fused-ring (bicyclic) bond motifs is 1. The molecule has 0 aliphatic rings. The van der Waals surface area contributed by atoms with E-state index < -0.39 is 0 Å². The summed E-state index contributed by atoms with van der Waals surface area (Å²) in [7, 11) is 0. The average Bonchev–Trinajstić information content (AvgIpc) is 3.33. The van der Waals surface area contributed by atoms with Crippen LogP contribution in [0.4, 0.5) is 11.6 Å². The summed E-state index contributed by atoms with van der Waals surface area (Å²) >= 11 is 0. The molecule has 0 bridgehead atoms. The summed E-state index contributed by atoms with van der Waals surface area (Å²) < 4.78 is 11.5. The number of aromatic amines is 1. The zero-order valence-electron chi connectivity index (χ0n) is 20.4.